The number of carbonyl (C=O) groups excluding carboxylic acids is 1. The quantitative estimate of drug-likeness (QED) is 0.292. The van der Waals surface area contributed by atoms with Crippen molar-refractivity contribution in [1.82, 2.24) is 14.3 Å². The van der Waals surface area contributed by atoms with E-state index in [0.29, 0.717) is 44.0 Å². The maximum Gasteiger partial charge on any atom is 0.349 e. The van der Waals surface area contributed by atoms with Crippen LogP contribution in [0, 0.1) is 5.92 Å². The Hall–Kier alpha value is -2.90. The zero-order valence-corrected chi connectivity index (χ0v) is 24.7. The fourth-order valence-corrected chi connectivity index (χ4v) is 6.23. The van der Waals surface area contributed by atoms with Gasteiger partial charge in [-0.2, -0.15) is 5.10 Å². The predicted molar refractivity (Wildman–Crippen MR) is 156 cm³/mol. The smallest absolute Gasteiger partial charge is 0.349 e. The fraction of sp³-hybridized carbons (Fsp3) is 0.688. The van der Waals surface area contributed by atoms with E-state index in [-0.39, 0.29) is 17.2 Å². The number of esters is 1. The molecule has 1 aromatic heterocycles. The third-order valence-electron chi connectivity index (χ3n) is 8.48. The Morgan fingerprint density at radius 3 is 2.45 bits per heavy atom. The number of aryl methyl sites for hydroxylation is 2. The topological polar surface area (TPSA) is 92.4 Å². The Morgan fingerprint density at radius 2 is 1.73 bits per heavy atom. The predicted octanol–water partition coefficient (Wildman–Crippen LogP) is 5.78. The van der Waals surface area contributed by atoms with Gasteiger partial charge in [0.2, 0.25) is 0 Å². The van der Waals surface area contributed by atoms with E-state index in [9.17, 15) is 14.4 Å². The second kappa shape index (κ2) is 14.1. The third-order valence-corrected chi connectivity index (χ3v) is 8.48. The van der Waals surface area contributed by atoms with Crippen LogP contribution in [0.25, 0.3) is 0 Å². The van der Waals surface area contributed by atoms with E-state index in [2.05, 4.69) is 5.10 Å². The number of hydrogen-bond acceptors (Lipinski definition) is 6. The molecule has 1 aromatic carbocycles. The van der Waals surface area contributed by atoms with Crippen LogP contribution < -0.4 is 16.0 Å². The lowest BCUT2D eigenvalue weighted by atomic mass is 9.86. The van der Waals surface area contributed by atoms with Gasteiger partial charge >= 0.3 is 11.7 Å². The molecule has 1 heterocycles. The van der Waals surface area contributed by atoms with Crippen LogP contribution in [0.15, 0.2) is 33.9 Å². The van der Waals surface area contributed by atoms with Gasteiger partial charge in [-0.25, -0.2) is 14.3 Å². The molecule has 0 amide bonds. The van der Waals surface area contributed by atoms with Gasteiger partial charge in [-0.3, -0.25) is 9.36 Å². The monoisotopic (exact) mass is 553 g/mol. The summed E-state index contributed by atoms with van der Waals surface area (Å²) in [4.78, 5) is 39.0. The van der Waals surface area contributed by atoms with Crippen LogP contribution in [0.1, 0.15) is 115 Å². The van der Waals surface area contributed by atoms with E-state index in [0.717, 1.165) is 50.0 Å². The molecule has 2 aliphatic rings. The number of aromatic nitrogens is 3. The minimum Gasteiger partial charge on any atom is -0.476 e. The molecule has 0 bridgehead atoms. The number of nitrogens with zero attached hydrogens (tertiary/aromatic N) is 3. The average Bonchev–Trinajstić information content (AvgIpc) is 3.47. The summed E-state index contributed by atoms with van der Waals surface area (Å²) in [5, 5.41) is 4.64. The molecule has 8 nitrogen and oxygen atoms in total. The van der Waals surface area contributed by atoms with E-state index in [1.54, 1.807) is 20.8 Å². The van der Waals surface area contributed by atoms with Gasteiger partial charge in [-0.05, 0) is 82.9 Å². The molecule has 2 saturated carbocycles. The van der Waals surface area contributed by atoms with Crippen LogP contribution in [0.5, 0.6) is 5.75 Å². The summed E-state index contributed by atoms with van der Waals surface area (Å²) in [5.74, 6) is 1.07. The summed E-state index contributed by atoms with van der Waals surface area (Å²) >= 11 is 0. The lowest BCUT2D eigenvalue weighted by Crippen LogP contribution is -2.44. The summed E-state index contributed by atoms with van der Waals surface area (Å²) in [7, 11) is 0. The molecule has 0 radical (unpaired) electrons. The van der Waals surface area contributed by atoms with Crippen LogP contribution in [-0.2, 0) is 29.0 Å². The molecule has 0 saturated heterocycles. The van der Waals surface area contributed by atoms with Gasteiger partial charge in [-0.1, -0.05) is 57.1 Å². The number of carbonyl (C=O) groups is 1. The van der Waals surface area contributed by atoms with Gasteiger partial charge in [0.05, 0.1) is 6.61 Å². The Morgan fingerprint density at radius 1 is 1.00 bits per heavy atom. The van der Waals surface area contributed by atoms with Gasteiger partial charge in [0.25, 0.3) is 5.56 Å². The van der Waals surface area contributed by atoms with E-state index >= 15 is 0 Å². The zero-order chi connectivity index (χ0) is 28.5. The summed E-state index contributed by atoms with van der Waals surface area (Å²) in [6.07, 6.45) is 14.0. The molecule has 40 heavy (non-hydrogen) atoms. The minimum absolute atomic E-state index is 0.153. The van der Waals surface area contributed by atoms with Crippen molar-refractivity contribution < 1.29 is 14.3 Å². The second-order valence-electron chi connectivity index (χ2n) is 12.1. The van der Waals surface area contributed by atoms with Gasteiger partial charge in [-0.15, -0.1) is 0 Å². The van der Waals surface area contributed by atoms with Crippen molar-refractivity contribution in [3.8, 4) is 5.75 Å². The van der Waals surface area contributed by atoms with E-state index in [1.165, 1.54) is 41.4 Å². The van der Waals surface area contributed by atoms with Crippen molar-refractivity contribution in [3.05, 3.63) is 56.4 Å². The first-order chi connectivity index (χ1) is 19.3. The van der Waals surface area contributed by atoms with E-state index in [1.807, 2.05) is 24.3 Å². The first-order valence-corrected chi connectivity index (χ1v) is 15.5. The summed E-state index contributed by atoms with van der Waals surface area (Å²) < 4.78 is 14.1. The van der Waals surface area contributed by atoms with Crippen molar-refractivity contribution >= 4 is 5.97 Å². The van der Waals surface area contributed by atoms with Crippen molar-refractivity contribution in [2.24, 2.45) is 5.92 Å². The van der Waals surface area contributed by atoms with E-state index in [4.69, 9.17) is 9.47 Å². The lowest BCUT2D eigenvalue weighted by molar-refractivity contribution is -0.158. The maximum absolute atomic E-state index is 13.4. The van der Waals surface area contributed by atoms with Crippen LogP contribution in [0.3, 0.4) is 0 Å². The Labute approximate surface area is 238 Å². The zero-order valence-electron chi connectivity index (χ0n) is 24.7. The third kappa shape index (κ3) is 7.85. The molecule has 0 aliphatic heterocycles. The highest BCUT2D eigenvalue weighted by molar-refractivity contribution is 5.79. The average molecular weight is 554 g/mol. The molecule has 0 atom stereocenters. The molecule has 0 unspecified atom stereocenters. The molecule has 0 N–H and O–H groups in total. The first-order valence-electron chi connectivity index (χ1n) is 15.5. The molecule has 4 rings (SSSR count). The van der Waals surface area contributed by atoms with Crippen LogP contribution in [0.2, 0.25) is 0 Å². The van der Waals surface area contributed by atoms with Gasteiger partial charge in [0.1, 0.15) is 11.4 Å². The Bertz CT molecular complexity index is 1240. The molecular formula is C32H47N3O5. The molecule has 0 spiro atoms. The first kappa shape index (κ1) is 30.1. The Balaban J connectivity index is 1.44. The van der Waals surface area contributed by atoms with Crippen molar-refractivity contribution in [2.45, 2.75) is 129 Å². The maximum atomic E-state index is 13.4. The number of ether oxygens (including phenoxy) is 2. The molecule has 2 aliphatic carbocycles. The lowest BCUT2D eigenvalue weighted by Gasteiger charge is -2.24. The molecule has 2 fully saturated rings. The number of benzene rings is 1. The van der Waals surface area contributed by atoms with Crippen molar-refractivity contribution in [2.75, 3.05) is 6.61 Å². The Kier molecular flexibility index (Phi) is 10.6. The highest BCUT2D eigenvalue weighted by Gasteiger charge is 2.31. The largest absolute Gasteiger partial charge is 0.476 e. The minimum atomic E-state index is -1.09. The second-order valence-corrected chi connectivity index (χ2v) is 12.1. The SMILES string of the molecule is CCOC(=O)C(C)(C)Oc1cccc(CCCn2nc(C3CCCC3)c(=O)n(CCCC3CCCCC3)c2=O)c1. The summed E-state index contributed by atoms with van der Waals surface area (Å²) in [6.45, 7) is 6.39. The van der Waals surface area contributed by atoms with Crippen LogP contribution in [0.4, 0.5) is 0 Å². The van der Waals surface area contributed by atoms with Crippen molar-refractivity contribution in [3.63, 3.8) is 0 Å². The van der Waals surface area contributed by atoms with Crippen molar-refractivity contribution in [1.29, 1.82) is 0 Å². The molecule has 2 aromatic rings. The molecular weight excluding hydrogens is 506 g/mol. The standard InChI is InChI=1S/C32H47N3O5/c1-4-39-30(37)32(2,3)40-27-20-10-15-25(23-27)17-12-22-35-31(38)34(21-11-16-24-13-6-5-7-14-24)29(36)28(33-35)26-18-8-9-19-26/h10,15,20,23-24,26H,4-9,11-14,16-19,21-22H2,1-3H3. The van der Waals surface area contributed by atoms with Gasteiger partial charge in [0.15, 0.2) is 5.60 Å². The fourth-order valence-electron chi connectivity index (χ4n) is 6.23. The van der Waals surface area contributed by atoms with Crippen LogP contribution >= 0.6 is 0 Å². The summed E-state index contributed by atoms with van der Waals surface area (Å²) in [5.41, 5.74) is 0.0654. The normalized spacial score (nSPS) is 16.8. The highest BCUT2D eigenvalue weighted by Crippen LogP contribution is 2.31. The summed E-state index contributed by atoms with van der Waals surface area (Å²) in [6, 6.07) is 7.67. The molecule has 8 heteroatoms. The highest BCUT2D eigenvalue weighted by atomic mass is 16.6. The van der Waals surface area contributed by atoms with Crippen LogP contribution in [-0.4, -0.2) is 32.5 Å². The number of hydrogen-bond donors (Lipinski definition) is 0. The molecule has 220 valence electrons. The van der Waals surface area contributed by atoms with E-state index < -0.39 is 11.6 Å². The number of rotatable bonds is 13. The van der Waals surface area contributed by atoms with Gasteiger partial charge < -0.3 is 9.47 Å². The van der Waals surface area contributed by atoms with Gasteiger partial charge in [0, 0.05) is 19.0 Å².